The molecule has 0 aromatic rings. The summed E-state index contributed by atoms with van der Waals surface area (Å²) in [6.07, 6.45) is 26.8. The monoisotopic (exact) mass is 532 g/mol. The molecule has 37 heavy (non-hydrogen) atoms. The fraction of sp³-hybridized carbons (Fsp3) is 1.00. The van der Waals surface area contributed by atoms with Crippen LogP contribution in [-0.4, -0.2) is 90.2 Å². The number of hydrogen-bond donors (Lipinski definition) is 4. The maximum Gasteiger partial charge on any atom is 0.126 e. The van der Waals surface area contributed by atoms with Crippen LogP contribution in [0.3, 0.4) is 0 Å². The van der Waals surface area contributed by atoms with Crippen LogP contribution in [-0.2, 0) is 4.74 Å². The van der Waals surface area contributed by atoms with E-state index in [-0.39, 0.29) is 26.4 Å². The fourth-order valence-corrected chi connectivity index (χ4v) is 5.42. The molecule has 0 saturated carbocycles. The van der Waals surface area contributed by atoms with Crippen molar-refractivity contribution in [1.82, 2.24) is 0 Å². The standard InChI is InChI=1S/C31H66NO5/c1-2-3-4-5-6-7-8-9-10-11-12-13-14-15-16-17-18-19-20-21-28-37-30-31(36)29-32(22-25-33,23-26-34)24-27-35/h31,33-36H,2-30H2,1H3/q+1. The quantitative estimate of drug-likeness (QED) is 0.0651. The van der Waals surface area contributed by atoms with Crippen LogP contribution in [0.25, 0.3) is 0 Å². The van der Waals surface area contributed by atoms with Gasteiger partial charge in [0.05, 0.1) is 26.4 Å². The zero-order valence-electron chi connectivity index (χ0n) is 24.7. The number of aliphatic hydroxyl groups excluding tert-OH is 4. The number of nitrogens with zero attached hydrogens (tertiary/aromatic N) is 1. The molecule has 0 radical (unpaired) electrons. The van der Waals surface area contributed by atoms with Gasteiger partial charge in [-0.25, -0.2) is 0 Å². The van der Waals surface area contributed by atoms with Crippen LogP contribution in [0.1, 0.15) is 135 Å². The average molecular weight is 533 g/mol. The van der Waals surface area contributed by atoms with Crippen molar-refractivity contribution in [2.75, 3.05) is 59.2 Å². The highest BCUT2D eigenvalue weighted by Crippen LogP contribution is 2.15. The van der Waals surface area contributed by atoms with Crippen molar-refractivity contribution in [3.8, 4) is 0 Å². The van der Waals surface area contributed by atoms with Crippen LogP contribution in [0.4, 0.5) is 0 Å². The third-order valence-electron chi connectivity index (χ3n) is 7.77. The molecule has 0 aromatic carbocycles. The zero-order valence-corrected chi connectivity index (χ0v) is 24.7. The van der Waals surface area contributed by atoms with E-state index in [1.807, 2.05) is 0 Å². The van der Waals surface area contributed by atoms with Crippen molar-refractivity contribution in [3.63, 3.8) is 0 Å². The van der Waals surface area contributed by atoms with Gasteiger partial charge in [0.2, 0.25) is 0 Å². The Morgan fingerprint density at radius 3 is 1.16 bits per heavy atom. The van der Waals surface area contributed by atoms with Gasteiger partial charge in [0.1, 0.15) is 32.3 Å². The number of hydrogen-bond acceptors (Lipinski definition) is 5. The molecule has 0 fully saturated rings. The summed E-state index contributed by atoms with van der Waals surface area (Å²) in [5.74, 6) is 0. The molecule has 0 rings (SSSR count). The van der Waals surface area contributed by atoms with Crippen LogP contribution in [0, 0.1) is 0 Å². The minimum absolute atomic E-state index is 0.0347. The van der Waals surface area contributed by atoms with Gasteiger partial charge in [-0.15, -0.1) is 0 Å². The first-order valence-corrected chi connectivity index (χ1v) is 16.1. The lowest BCUT2D eigenvalue weighted by molar-refractivity contribution is -0.931. The van der Waals surface area contributed by atoms with E-state index in [0.29, 0.717) is 37.3 Å². The minimum atomic E-state index is -0.658. The second kappa shape index (κ2) is 28.8. The molecule has 0 amide bonds. The highest BCUT2D eigenvalue weighted by Gasteiger charge is 2.29. The third-order valence-corrected chi connectivity index (χ3v) is 7.77. The maximum atomic E-state index is 10.3. The molecule has 0 aliphatic carbocycles. The van der Waals surface area contributed by atoms with Crippen molar-refractivity contribution < 1.29 is 29.6 Å². The van der Waals surface area contributed by atoms with Crippen molar-refractivity contribution in [3.05, 3.63) is 0 Å². The average Bonchev–Trinajstić information content (AvgIpc) is 2.87. The van der Waals surface area contributed by atoms with Crippen molar-refractivity contribution in [1.29, 1.82) is 0 Å². The van der Waals surface area contributed by atoms with Gasteiger partial charge in [-0.05, 0) is 6.42 Å². The summed E-state index contributed by atoms with van der Waals surface area (Å²) in [5.41, 5.74) is 0. The maximum absolute atomic E-state index is 10.3. The Balaban J connectivity index is 3.42. The Kier molecular flexibility index (Phi) is 28.6. The summed E-state index contributed by atoms with van der Waals surface area (Å²) in [6, 6.07) is 0. The van der Waals surface area contributed by atoms with Crippen molar-refractivity contribution in [2.45, 2.75) is 141 Å². The van der Waals surface area contributed by atoms with E-state index in [2.05, 4.69) is 6.92 Å². The largest absolute Gasteiger partial charge is 0.391 e. The predicted octanol–water partition coefficient (Wildman–Crippen LogP) is 5.98. The molecule has 1 atom stereocenters. The summed E-state index contributed by atoms with van der Waals surface area (Å²) < 4.78 is 5.98. The molecule has 0 bridgehead atoms. The van der Waals surface area contributed by atoms with Crippen LogP contribution in [0.2, 0.25) is 0 Å². The molecule has 6 nitrogen and oxygen atoms in total. The highest BCUT2D eigenvalue weighted by molar-refractivity contribution is 4.57. The number of quaternary nitrogens is 1. The lowest BCUT2D eigenvalue weighted by Gasteiger charge is -2.38. The van der Waals surface area contributed by atoms with Crippen molar-refractivity contribution in [2.24, 2.45) is 0 Å². The van der Waals surface area contributed by atoms with E-state index in [9.17, 15) is 20.4 Å². The van der Waals surface area contributed by atoms with Gasteiger partial charge in [0.25, 0.3) is 0 Å². The van der Waals surface area contributed by atoms with Gasteiger partial charge in [-0.3, -0.25) is 0 Å². The molecular weight excluding hydrogens is 466 g/mol. The Bertz CT molecular complexity index is 421. The second-order valence-corrected chi connectivity index (χ2v) is 11.3. The molecule has 0 spiro atoms. The van der Waals surface area contributed by atoms with E-state index in [1.54, 1.807) is 0 Å². The number of aliphatic hydroxyl groups is 4. The zero-order chi connectivity index (χ0) is 27.3. The second-order valence-electron chi connectivity index (χ2n) is 11.3. The lowest BCUT2D eigenvalue weighted by Crippen LogP contribution is -2.57. The number of ether oxygens (including phenoxy) is 1. The lowest BCUT2D eigenvalue weighted by atomic mass is 10.0. The van der Waals surface area contributed by atoms with E-state index >= 15 is 0 Å². The Hall–Kier alpha value is -0.240. The Morgan fingerprint density at radius 1 is 0.514 bits per heavy atom. The van der Waals surface area contributed by atoms with E-state index in [4.69, 9.17) is 4.74 Å². The summed E-state index contributed by atoms with van der Waals surface area (Å²) in [5, 5.41) is 38.4. The summed E-state index contributed by atoms with van der Waals surface area (Å²) >= 11 is 0. The molecule has 0 aliphatic heterocycles. The molecule has 0 aromatic heterocycles. The molecule has 4 N–H and O–H groups in total. The molecule has 6 heteroatoms. The Labute approximate surface area is 230 Å². The fourth-order valence-electron chi connectivity index (χ4n) is 5.42. The van der Waals surface area contributed by atoms with Crippen LogP contribution in [0.15, 0.2) is 0 Å². The van der Waals surface area contributed by atoms with Crippen LogP contribution < -0.4 is 0 Å². The number of rotatable bonds is 31. The first-order chi connectivity index (χ1) is 18.1. The van der Waals surface area contributed by atoms with Gasteiger partial charge in [0.15, 0.2) is 0 Å². The van der Waals surface area contributed by atoms with E-state index in [0.717, 1.165) is 6.42 Å². The van der Waals surface area contributed by atoms with Crippen LogP contribution >= 0.6 is 0 Å². The summed E-state index contributed by atoms with van der Waals surface area (Å²) in [6.45, 7) is 4.73. The van der Waals surface area contributed by atoms with Gasteiger partial charge in [-0.1, -0.05) is 129 Å². The summed E-state index contributed by atoms with van der Waals surface area (Å²) in [4.78, 5) is 0. The normalized spacial score (nSPS) is 12.9. The van der Waals surface area contributed by atoms with Gasteiger partial charge in [-0.2, -0.15) is 0 Å². The van der Waals surface area contributed by atoms with Gasteiger partial charge < -0.3 is 29.6 Å². The Morgan fingerprint density at radius 2 is 0.838 bits per heavy atom. The molecule has 0 saturated heterocycles. The van der Waals surface area contributed by atoms with E-state index < -0.39 is 6.10 Å². The smallest absolute Gasteiger partial charge is 0.126 e. The molecule has 1 unspecified atom stereocenters. The van der Waals surface area contributed by atoms with Gasteiger partial charge in [0, 0.05) is 6.61 Å². The first kappa shape index (κ1) is 36.8. The molecule has 224 valence electrons. The van der Waals surface area contributed by atoms with Gasteiger partial charge >= 0.3 is 0 Å². The molecule has 0 aliphatic rings. The first-order valence-electron chi connectivity index (χ1n) is 16.1. The molecular formula is C31H66NO5+. The molecule has 0 heterocycles. The third kappa shape index (κ3) is 24.5. The van der Waals surface area contributed by atoms with E-state index in [1.165, 1.54) is 122 Å². The minimum Gasteiger partial charge on any atom is -0.391 e. The number of unbranched alkanes of at least 4 members (excludes halogenated alkanes) is 19. The SMILES string of the molecule is CCCCCCCCCCCCCCCCCCCCCCOCC(O)C[N+](CCO)(CCO)CCO. The summed E-state index contributed by atoms with van der Waals surface area (Å²) in [7, 11) is 0. The highest BCUT2D eigenvalue weighted by atomic mass is 16.5. The van der Waals surface area contributed by atoms with Crippen LogP contribution in [0.5, 0.6) is 0 Å². The van der Waals surface area contributed by atoms with Crippen molar-refractivity contribution >= 4 is 0 Å². The predicted molar refractivity (Wildman–Crippen MR) is 156 cm³/mol. The topological polar surface area (TPSA) is 90.2 Å².